The molecule has 0 bridgehead atoms. The Morgan fingerprint density at radius 2 is 1.85 bits per heavy atom. The summed E-state index contributed by atoms with van der Waals surface area (Å²) >= 11 is 1.44. The van der Waals surface area contributed by atoms with Crippen LogP contribution in [0.15, 0.2) is 53.7 Å². The lowest BCUT2D eigenvalue weighted by Gasteiger charge is -2.05. The molecule has 0 aliphatic carbocycles. The van der Waals surface area contributed by atoms with Gasteiger partial charge in [0.25, 0.3) is 0 Å². The maximum Gasteiger partial charge on any atom is 0.210 e. The molecular weight excluding hydrogens is 367 g/mol. The van der Waals surface area contributed by atoms with Crippen LogP contribution in [0.4, 0.5) is 4.39 Å². The largest absolute Gasteiger partial charge is 0.497 e. The Morgan fingerprint density at radius 3 is 2.52 bits per heavy atom. The van der Waals surface area contributed by atoms with Crippen molar-refractivity contribution in [3.63, 3.8) is 0 Å². The van der Waals surface area contributed by atoms with Gasteiger partial charge in [-0.05, 0) is 55.0 Å². The van der Waals surface area contributed by atoms with Crippen LogP contribution in [0.2, 0.25) is 0 Å². The number of halogens is 1. The lowest BCUT2D eigenvalue weighted by atomic mass is 10.1. The summed E-state index contributed by atoms with van der Waals surface area (Å²) in [7, 11) is 1.61. The van der Waals surface area contributed by atoms with E-state index in [1.54, 1.807) is 7.11 Å². The van der Waals surface area contributed by atoms with Gasteiger partial charge in [-0.25, -0.2) is 9.07 Å². The second kappa shape index (κ2) is 8.68. The van der Waals surface area contributed by atoms with E-state index < -0.39 is 0 Å². The molecule has 27 heavy (non-hydrogen) atoms. The summed E-state index contributed by atoms with van der Waals surface area (Å²) in [6, 6.07) is 13.0. The Kier molecular flexibility index (Phi) is 6.08. The monoisotopic (exact) mass is 386 g/mol. The first-order valence-electron chi connectivity index (χ1n) is 8.35. The van der Waals surface area contributed by atoms with Gasteiger partial charge in [-0.3, -0.25) is 4.79 Å². The average Bonchev–Trinajstić information content (AvgIpc) is 3.06. The van der Waals surface area contributed by atoms with E-state index in [0.717, 1.165) is 11.3 Å². The Hall–Kier alpha value is -2.87. The van der Waals surface area contributed by atoms with E-state index in [9.17, 15) is 9.18 Å². The Bertz CT molecular complexity index is 910. The van der Waals surface area contributed by atoms with Crippen LogP contribution in [0.25, 0.3) is 11.4 Å². The van der Waals surface area contributed by atoms with Crippen LogP contribution in [0.1, 0.15) is 23.2 Å². The number of benzene rings is 2. The molecule has 2 N–H and O–H groups in total. The fraction of sp³-hybridized carbons (Fsp3) is 0.211. The number of carbonyl (C=O) groups is 1. The normalized spacial score (nSPS) is 10.7. The lowest BCUT2D eigenvalue weighted by molar-refractivity contribution is 0.0982. The molecule has 0 spiro atoms. The number of nitrogen functional groups attached to an aromatic ring is 1. The van der Waals surface area contributed by atoms with E-state index in [0.29, 0.717) is 35.1 Å². The third-order valence-electron chi connectivity index (χ3n) is 3.96. The number of methoxy groups -OCH3 is 1. The summed E-state index contributed by atoms with van der Waals surface area (Å²) in [5.74, 6) is 7.71. The topological polar surface area (TPSA) is 83.0 Å². The minimum absolute atomic E-state index is 0.0104. The molecule has 0 saturated carbocycles. The number of hydrogen-bond acceptors (Lipinski definition) is 6. The second-order valence-corrected chi connectivity index (χ2v) is 6.85. The van der Waals surface area contributed by atoms with Crippen molar-refractivity contribution in [1.29, 1.82) is 0 Å². The molecule has 2 aromatic carbocycles. The predicted molar refractivity (Wildman–Crippen MR) is 103 cm³/mol. The highest BCUT2D eigenvalue weighted by molar-refractivity contribution is 7.99. The maximum absolute atomic E-state index is 12.9. The zero-order chi connectivity index (χ0) is 19.2. The van der Waals surface area contributed by atoms with Crippen molar-refractivity contribution in [1.82, 2.24) is 14.9 Å². The van der Waals surface area contributed by atoms with Crippen LogP contribution in [0.3, 0.4) is 0 Å². The van der Waals surface area contributed by atoms with E-state index >= 15 is 0 Å². The van der Waals surface area contributed by atoms with Gasteiger partial charge < -0.3 is 10.6 Å². The maximum atomic E-state index is 12.9. The number of aromatic nitrogens is 3. The summed E-state index contributed by atoms with van der Waals surface area (Å²) in [5, 5.41) is 8.83. The molecule has 1 aromatic heterocycles. The van der Waals surface area contributed by atoms with Gasteiger partial charge in [0.15, 0.2) is 11.6 Å². The summed E-state index contributed by atoms with van der Waals surface area (Å²) in [6.07, 6.45) is 1.04. The number of hydrogen-bond donors (Lipinski definition) is 1. The molecule has 0 aliphatic heterocycles. The molecule has 0 fully saturated rings. The zero-order valence-electron chi connectivity index (χ0n) is 14.8. The van der Waals surface area contributed by atoms with Gasteiger partial charge in [-0.1, -0.05) is 11.8 Å². The minimum atomic E-state index is -0.350. The van der Waals surface area contributed by atoms with Crippen molar-refractivity contribution < 1.29 is 13.9 Å². The number of ether oxygens (including phenoxy) is 1. The highest BCUT2D eigenvalue weighted by Crippen LogP contribution is 2.24. The first-order chi connectivity index (χ1) is 13.1. The highest BCUT2D eigenvalue weighted by Gasteiger charge is 2.13. The molecule has 8 heteroatoms. The molecule has 0 unspecified atom stereocenters. The first-order valence-corrected chi connectivity index (χ1v) is 9.33. The summed E-state index contributed by atoms with van der Waals surface area (Å²) in [6.45, 7) is 0. The third-order valence-corrected chi connectivity index (χ3v) is 4.99. The molecule has 1 heterocycles. The summed E-state index contributed by atoms with van der Waals surface area (Å²) < 4.78 is 19.5. The average molecular weight is 386 g/mol. The van der Waals surface area contributed by atoms with Crippen LogP contribution in [-0.2, 0) is 0 Å². The molecule has 0 radical (unpaired) electrons. The Labute approximate surface area is 160 Å². The van der Waals surface area contributed by atoms with Gasteiger partial charge in [0.05, 0.1) is 7.11 Å². The van der Waals surface area contributed by atoms with Crippen LogP contribution >= 0.6 is 11.8 Å². The number of carbonyl (C=O) groups excluding carboxylic acids is 1. The molecule has 0 aliphatic rings. The number of nitrogens with zero attached hydrogens (tertiary/aromatic N) is 3. The van der Waals surface area contributed by atoms with Gasteiger partial charge in [0, 0.05) is 23.3 Å². The predicted octanol–water partition coefficient (Wildman–Crippen LogP) is 3.56. The van der Waals surface area contributed by atoms with Crippen LogP contribution in [0.5, 0.6) is 5.75 Å². The molecule has 140 valence electrons. The molecule has 3 rings (SSSR count). The van der Waals surface area contributed by atoms with Crippen molar-refractivity contribution in [3.05, 3.63) is 59.9 Å². The lowest BCUT2D eigenvalue weighted by Crippen LogP contribution is -2.11. The molecule has 0 saturated heterocycles. The van der Waals surface area contributed by atoms with Crippen molar-refractivity contribution in [2.75, 3.05) is 18.7 Å². The second-order valence-electron chi connectivity index (χ2n) is 5.79. The van der Waals surface area contributed by atoms with E-state index in [2.05, 4.69) is 10.2 Å². The number of rotatable bonds is 8. The highest BCUT2D eigenvalue weighted by atomic mass is 32.2. The van der Waals surface area contributed by atoms with E-state index in [4.69, 9.17) is 10.6 Å². The standard InChI is InChI=1S/C19H19FN4O2S/c1-26-16-10-6-14(7-11-16)18-22-23-19(24(18)21)27-12-2-3-17(25)13-4-8-15(20)9-5-13/h4-11H,2-3,12,21H2,1H3. The number of thioether (sulfide) groups is 1. The third kappa shape index (κ3) is 4.65. The fourth-order valence-corrected chi connectivity index (χ4v) is 3.28. The summed E-state index contributed by atoms with van der Waals surface area (Å²) in [4.78, 5) is 12.1. The fourth-order valence-electron chi connectivity index (χ4n) is 2.49. The van der Waals surface area contributed by atoms with Gasteiger partial charge in [0.1, 0.15) is 11.6 Å². The molecule has 0 amide bonds. The van der Waals surface area contributed by atoms with Crippen LogP contribution in [-0.4, -0.2) is 33.5 Å². The van der Waals surface area contributed by atoms with E-state index in [1.165, 1.54) is 40.7 Å². The summed E-state index contributed by atoms with van der Waals surface area (Å²) in [5.41, 5.74) is 1.36. The van der Waals surface area contributed by atoms with Gasteiger partial charge in [-0.2, -0.15) is 0 Å². The molecular formula is C19H19FN4O2S. The Balaban J connectivity index is 1.53. The Morgan fingerprint density at radius 1 is 1.15 bits per heavy atom. The zero-order valence-corrected chi connectivity index (χ0v) is 15.6. The molecule has 3 aromatic rings. The van der Waals surface area contributed by atoms with Gasteiger partial charge >= 0.3 is 0 Å². The molecule has 0 atom stereocenters. The van der Waals surface area contributed by atoms with Crippen molar-refractivity contribution in [3.8, 4) is 17.1 Å². The van der Waals surface area contributed by atoms with Gasteiger partial charge in [-0.15, -0.1) is 10.2 Å². The van der Waals surface area contributed by atoms with Crippen LogP contribution in [0, 0.1) is 5.82 Å². The quantitative estimate of drug-likeness (QED) is 0.276. The number of nitrogens with two attached hydrogens (primary N) is 1. The smallest absolute Gasteiger partial charge is 0.210 e. The van der Waals surface area contributed by atoms with E-state index in [1.807, 2.05) is 24.3 Å². The SMILES string of the molecule is COc1ccc(-c2nnc(SCCCC(=O)c3ccc(F)cc3)n2N)cc1. The van der Waals surface area contributed by atoms with Gasteiger partial charge in [0.2, 0.25) is 5.16 Å². The molecule has 6 nitrogen and oxygen atoms in total. The first kappa shape index (κ1) is 18.9. The minimum Gasteiger partial charge on any atom is -0.497 e. The van der Waals surface area contributed by atoms with Crippen LogP contribution < -0.4 is 10.6 Å². The number of Topliss-reactive ketones (excluding diaryl/α,β-unsaturated/α-hetero) is 1. The van der Waals surface area contributed by atoms with Crippen molar-refractivity contribution in [2.24, 2.45) is 0 Å². The number of ketones is 1. The van der Waals surface area contributed by atoms with E-state index in [-0.39, 0.29) is 11.6 Å². The van der Waals surface area contributed by atoms with Crippen molar-refractivity contribution in [2.45, 2.75) is 18.0 Å². The van der Waals surface area contributed by atoms with Crippen molar-refractivity contribution >= 4 is 17.5 Å².